The molecule has 1 aliphatic carbocycles. The van der Waals surface area contributed by atoms with Crippen molar-refractivity contribution in [1.82, 2.24) is 10.2 Å². The summed E-state index contributed by atoms with van der Waals surface area (Å²) in [4.78, 5) is 12.2. The number of aromatic amines is 1. The zero-order valence-electron chi connectivity index (χ0n) is 13.6. The van der Waals surface area contributed by atoms with Crippen molar-refractivity contribution in [2.75, 3.05) is 5.32 Å². The van der Waals surface area contributed by atoms with Crippen LogP contribution < -0.4 is 5.32 Å². The fraction of sp³-hybridized carbons (Fsp3) is 0.200. The lowest BCUT2D eigenvalue weighted by atomic mass is 10.0. The summed E-state index contributed by atoms with van der Waals surface area (Å²) in [7, 11) is 0. The van der Waals surface area contributed by atoms with Crippen molar-refractivity contribution in [2.45, 2.75) is 25.2 Å². The van der Waals surface area contributed by atoms with Gasteiger partial charge in [-0.1, -0.05) is 42.5 Å². The van der Waals surface area contributed by atoms with Gasteiger partial charge in [-0.25, -0.2) is 4.39 Å². The highest BCUT2D eigenvalue weighted by Crippen LogP contribution is 2.39. The van der Waals surface area contributed by atoms with Crippen LogP contribution in [0.15, 0.2) is 54.6 Å². The quantitative estimate of drug-likeness (QED) is 0.731. The van der Waals surface area contributed by atoms with E-state index in [1.165, 1.54) is 18.9 Å². The summed E-state index contributed by atoms with van der Waals surface area (Å²) in [6, 6.07) is 15.9. The lowest BCUT2D eigenvalue weighted by molar-refractivity contribution is -0.115. The Morgan fingerprint density at radius 1 is 1.16 bits per heavy atom. The van der Waals surface area contributed by atoms with Gasteiger partial charge in [0.05, 0.1) is 6.42 Å². The third-order valence-electron chi connectivity index (χ3n) is 4.39. The fourth-order valence-electron chi connectivity index (χ4n) is 2.87. The molecule has 1 heterocycles. The molecular formula is C20H18FN3O. The van der Waals surface area contributed by atoms with Crippen LogP contribution in [0.2, 0.25) is 0 Å². The first-order valence-corrected chi connectivity index (χ1v) is 8.38. The number of rotatable bonds is 5. The second-order valence-electron chi connectivity index (χ2n) is 6.38. The molecule has 0 spiro atoms. The maximum absolute atomic E-state index is 13.8. The maximum atomic E-state index is 13.8. The van der Waals surface area contributed by atoms with Crippen LogP contribution in [0.1, 0.15) is 30.0 Å². The molecule has 0 bridgehead atoms. The molecule has 2 aromatic carbocycles. The molecule has 0 aliphatic heterocycles. The molecule has 126 valence electrons. The number of aromatic nitrogens is 2. The Kier molecular flexibility index (Phi) is 4.06. The van der Waals surface area contributed by atoms with E-state index in [0.717, 1.165) is 16.8 Å². The first-order valence-electron chi connectivity index (χ1n) is 8.38. The molecule has 0 unspecified atom stereocenters. The predicted molar refractivity (Wildman–Crippen MR) is 94.7 cm³/mol. The SMILES string of the molecule is O=C(Cc1ccc(-c2ccccc2F)cc1)Nc1cc(C2CC2)[nH]n1. The minimum Gasteiger partial charge on any atom is -0.309 e. The molecule has 1 saturated carbocycles. The number of halogens is 1. The number of carbonyl (C=O) groups is 1. The fourth-order valence-corrected chi connectivity index (χ4v) is 2.87. The van der Waals surface area contributed by atoms with Gasteiger partial charge in [-0.2, -0.15) is 5.10 Å². The van der Waals surface area contributed by atoms with Crippen molar-refractivity contribution in [3.8, 4) is 11.1 Å². The van der Waals surface area contributed by atoms with Gasteiger partial charge in [-0.05, 0) is 30.0 Å². The summed E-state index contributed by atoms with van der Waals surface area (Å²) in [6.45, 7) is 0. The molecule has 1 aromatic heterocycles. The van der Waals surface area contributed by atoms with Crippen LogP contribution in [0.25, 0.3) is 11.1 Å². The number of nitrogens with zero attached hydrogens (tertiary/aromatic N) is 1. The maximum Gasteiger partial charge on any atom is 0.229 e. The van der Waals surface area contributed by atoms with Crippen LogP contribution in [-0.2, 0) is 11.2 Å². The minimum atomic E-state index is -0.252. The second-order valence-corrected chi connectivity index (χ2v) is 6.38. The highest BCUT2D eigenvalue weighted by atomic mass is 19.1. The average Bonchev–Trinajstić information content (AvgIpc) is 3.36. The highest BCUT2D eigenvalue weighted by Gasteiger charge is 2.25. The number of benzene rings is 2. The predicted octanol–water partition coefficient (Wildman–Crippen LogP) is 4.27. The first kappa shape index (κ1) is 15.6. The third-order valence-corrected chi connectivity index (χ3v) is 4.39. The summed E-state index contributed by atoms with van der Waals surface area (Å²) in [5.74, 6) is 0.768. The van der Waals surface area contributed by atoms with E-state index in [0.29, 0.717) is 17.3 Å². The molecule has 4 nitrogen and oxygen atoms in total. The van der Waals surface area contributed by atoms with Crippen molar-refractivity contribution < 1.29 is 9.18 Å². The Labute approximate surface area is 145 Å². The molecule has 4 rings (SSSR count). The van der Waals surface area contributed by atoms with E-state index in [4.69, 9.17) is 0 Å². The van der Waals surface area contributed by atoms with Gasteiger partial charge in [0.25, 0.3) is 0 Å². The van der Waals surface area contributed by atoms with Crippen LogP contribution >= 0.6 is 0 Å². The smallest absolute Gasteiger partial charge is 0.229 e. The lowest BCUT2D eigenvalue weighted by Crippen LogP contribution is -2.14. The van der Waals surface area contributed by atoms with E-state index < -0.39 is 0 Å². The minimum absolute atomic E-state index is 0.118. The summed E-state index contributed by atoms with van der Waals surface area (Å²) >= 11 is 0. The second kappa shape index (κ2) is 6.51. The van der Waals surface area contributed by atoms with Gasteiger partial charge in [0.1, 0.15) is 5.82 Å². The Balaban J connectivity index is 1.40. The van der Waals surface area contributed by atoms with E-state index in [1.807, 2.05) is 30.3 Å². The molecule has 3 aromatic rings. The van der Waals surface area contributed by atoms with Crippen molar-refractivity contribution in [1.29, 1.82) is 0 Å². The number of hydrogen-bond donors (Lipinski definition) is 2. The van der Waals surface area contributed by atoms with E-state index in [1.54, 1.807) is 18.2 Å². The van der Waals surface area contributed by atoms with Crippen LogP contribution in [-0.4, -0.2) is 16.1 Å². The number of anilines is 1. The van der Waals surface area contributed by atoms with Gasteiger partial charge < -0.3 is 5.32 Å². The summed E-state index contributed by atoms with van der Waals surface area (Å²) in [5, 5.41) is 9.90. The van der Waals surface area contributed by atoms with Gasteiger partial charge >= 0.3 is 0 Å². The molecule has 2 N–H and O–H groups in total. The zero-order chi connectivity index (χ0) is 17.2. The van der Waals surface area contributed by atoms with Gasteiger partial charge in [0.2, 0.25) is 5.91 Å². The van der Waals surface area contributed by atoms with E-state index in [-0.39, 0.29) is 18.1 Å². The Hall–Kier alpha value is -2.95. The van der Waals surface area contributed by atoms with E-state index in [9.17, 15) is 9.18 Å². The summed E-state index contributed by atoms with van der Waals surface area (Å²) in [5.41, 5.74) is 3.31. The number of nitrogens with one attached hydrogen (secondary N) is 2. The summed E-state index contributed by atoms with van der Waals surface area (Å²) in [6.07, 6.45) is 2.62. The molecule has 5 heteroatoms. The van der Waals surface area contributed by atoms with E-state index >= 15 is 0 Å². The normalized spacial score (nSPS) is 13.6. The molecule has 0 radical (unpaired) electrons. The Bertz CT molecular complexity index is 897. The standard InChI is InChI=1S/C20H18FN3O/c21-17-4-2-1-3-16(17)14-7-5-13(6-8-14)11-20(25)22-19-12-18(23-24-19)15-9-10-15/h1-8,12,15H,9-11H2,(H2,22,23,24,25). The van der Waals surface area contributed by atoms with E-state index in [2.05, 4.69) is 15.5 Å². The Morgan fingerprint density at radius 3 is 2.64 bits per heavy atom. The van der Waals surface area contributed by atoms with Gasteiger partial charge in [0.15, 0.2) is 5.82 Å². The number of hydrogen-bond acceptors (Lipinski definition) is 2. The number of amides is 1. The molecule has 0 atom stereocenters. The summed E-state index contributed by atoms with van der Waals surface area (Å²) < 4.78 is 13.8. The van der Waals surface area contributed by atoms with Crippen LogP contribution in [0, 0.1) is 5.82 Å². The Morgan fingerprint density at radius 2 is 1.92 bits per heavy atom. The van der Waals surface area contributed by atoms with Crippen LogP contribution in [0.3, 0.4) is 0 Å². The monoisotopic (exact) mass is 335 g/mol. The molecule has 0 saturated heterocycles. The number of H-pyrrole nitrogens is 1. The largest absolute Gasteiger partial charge is 0.309 e. The van der Waals surface area contributed by atoms with Crippen LogP contribution in [0.4, 0.5) is 10.2 Å². The zero-order valence-corrected chi connectivity index (χ0v) is 13.6. The van der Waals surface area contributed by atoms with Gasteiger partial charge in [0, 0.05) is 23.2 Å². The average molecular weight is 335 g/mol. The van der Waals surface area contributed by atoms with Crippen LogP contribution in [0.5, 0.6) is 0 Å². The van der Waals surface area contributed by atoms with Gasteiger partial charge in [-0.3, -0.25) is 9.89 Å². The highest BCUT2D eigenvalue weighted by molar-refractivity contribution is 5.91. The van der Waals surface area contributed by atoms with Gasteiger partial charge in [-0.15, -0.1) is 0 Å². The molecule has 1 aliphatic rings. The van der Waals surface area contributed by atoms with Crippen molar-refractivity contribution >= 4 is 11.7 Å². The number of carbonyl (C=O) groups excluding carboxylic acids is 1. The molecule has 25 heavy (non-hydrogen) atoms. The van der Waals surface area contributed by atoms with Crippen molar-refractivity contribution in [3.05, 3.63) is 71.7 Å². The van der Waals surface area contributed by atoms with Crippen molar-refractivity contribution in [3.63, 3.8) is 0 Å². The molecule has 1 fully saturated rings. The molecular weight excluding hydrogens is 317 g/mol. The van der Waals surface area contributed by atoms with Crippen molar-refractivity contribution in [2.24, 2.45) is 0 Å². The first-order chi connectivity index (χ1) is 12.2. The topological polar surface area (TPSA) is 57.8 Å². The lowest BCUT2D eigenvalue weighted by Gasteiger charge is -2.06. The molecule has 1 amide bonds. The third kappa shape index (κ3) is 3.60.